The minimum absolute atomic E-state index is 0.0812. The highest BCUT2D eigenvalue weighted by atomic mass is 32.1. The van der Waals surface area contributed by atoms with Gasteiger partial charge in [-0.2, -0.15) is 0 Å². The quantitative estimate of drug-likeness (QED) is 0.460. The maximum atomic E-state index is 13.2. The molecule has 4 rings (SSSR count). The van der Waals surface area contributed by atoms with E-state index in [1.54, 1.807) is 20.9 Å². The van der Waals surface area contributed by atoms with Crippen LogP contribution < -0.4 is 11.2 Å². The highest BCUT2D eigenvalue weighted by molar-refractivity contribution is 7.16. The van der Waals surface area contributed by atoms with Crippen LogP contribution in [-0.2, 0) is 18.8 Å². The molecular formula is C23H23N3O5S. The van der Waals surface area contributed by atoms with Crippen molar-refractivity contribution in [3.8, 4) is 27.4 Å². The molecule has 4 aromatic rings. The average Bonchev–Trinajstić information content (AvgIpc) is 3.28. The van der Waals surface area contributed by atoms with Gasteiger partial charge in [-0.25, -0.2) is 9.59 Å². The van der Waals surface area contributed by atoms with Crippen molar-refractivity contribution in [2.45, 2.75) is 20.8 Å². The van der Waals surface area contributed by atoms with E-state index in [4.69, 9.17) is 4.74 Å². The fourth-order valence-electron chi connectivity index (χ4n) is 3.83. The molecule has 0 saturated heterocycles. The summed E-state index contributed by atoms with van der Waals surface area (Å²) < 4.78 is 7.50. The summed E-state index contributed by atoms with van der Waals surface area (Å²) in [7, 11) is 2.99. The van der Waals surface area contributed by atoms with Gasteiger partial charge in [0.15, 0.2) is 0 Å². The third-order valence-corrected chi connectivity index (χ3v) is 6.63. The smallest absolute Gasteiger partial charge is 0.343 e. The Labute approximate surface area is 187 Å². The van der Waals surface area contributed by atoms with Gasteiger partial charge in [0.1, 0.15) is 17.0 Å². The van der Waals surface area contributed by atoms with Crippen LogP contribution in [0.1, 0.15) is 27.7 Å². The number of nitrogens with zero attached hydrogens (tertiary/aromatic N) is 2. The second-order valence-electron chi connectivity index (χ2n) is 7.60. The fourth-order valence-corrected chi connectivity index (χ4v) is 4.92. The predicted octanol–water partition coefficient (Wildman–Crippen LogP) is 3.46. The Morgan fingerprint density at radius 1 is 1.12 bits per heavy atom. The molecule has 0 bridgehead atoms. The molecule has 0 unspecified atom stereocenters. The zero-order valence-corrected chi connectivity index (χ0v) is 19.2. The van der Waals surface area contributed by atoms with Gasteiger partial charge in [-0.15, -0.1) is 11.3 Å². The van der Waals surface area contributed by atoms with Gasteiger partial charge < -0.3 is 14.8 Å². The summed E-state index contributed by atoms with van der Waals surface area (Å²) >= 11 is 1.20. The number of carbonyl (C=O) groups is 1. The van der Waals surface area contributed by atoms with E-state index in [-0.39, 0.29) is 23.3 Å². The summed E-state index contributed by atoms with van der Waals surface area (Å²) in [6, 6.07) is 7.67. The minimum atomic E-state index is -0.623. The Kier molecular flexibility index (Phi) is 5.29. The second-order valence-corrected chi connectivity index (χ2v) is 8.83. The van der Waals surface area contributed by atoms with Crippen molar-refractivity contribution in [1.82, 2.24) is 14.1 Å². The summed E-state index contributed by atoms with van der Waals surface area (Å²) in [4.78, 5) is 42.3. The zero-order chi connectivity index (χ0) is 23.3. The molecular weight excluding hydrogens is 430 g/mol. The molecule has 0 radical (unpaired) electrons. The number of carbonyl (C=O) groups excluding carboxylic acids is 1. The van der Waals surface area contributed by atoms with Gasteiger partial charge in [0.05, 0.1) is 22.6 Å². The lowest BCUT2D eigenvalue weighted by Crippen LogP contribution is -2.36. The molecule has 0 spiro atoms. The van der Waals surface area contributed by atoms with Crippen molar-refractivity contribution in [2.75, 3.05) is 6.61 Å². The number of aryl methyl sites for hydroxylation is 3. The third kappa shape index (κ3) is 3.16. The maximum absolute atomic E-state index is 13.2. The minimum Gasteiger partial charge on any atom is -0.505 e. The molecule has 3 heterocycles. The Morgan fingerprint density at radius 3 is 2.41 bits per heavy atom. The van der Waals surface area contributed by atoms with Gasteiger partial charge in [0, 0.05) is 24.5 Å². The van der Waals surface area contributed by atoms with Crippen LogP contribution in [0.3, 0.4) is 0 Å². The molecule has 3 aromatic heterocycles. The van der Waals surface area contributed by atoms with E-state index in [2.05, 4.69) is 4.98 Å². The molecule has 166 valence electrons. The number of aromatic amines is 1. The van der Waals surface area contributed by atoms with Crippen molar-refractivity contribution in [2.24, 2.45) is 14.1 Å². The van der Waals surface area contributed by atoms with E-state index >= 15 is 0 Å². The Morgan fingerprint density at radius 2 is 1.78 bits per heavy atom. The van der Waals surface area contributed by atoms with Crippen LogP contribution in [0.25, 0.3) is 32.7 Å². The van der Waals surface area contributed by atoms with Crippen LogP contribution in [-0.4, -0.2) is 31.8 Å². The SMILES string of the molecule is CCOC(=O)c1c(C)sc(-c2c(-c3ccc(C)cc3)[nH]c3c2c(=O)n(C)c(=O)n3C)c1O. The maximum Gasteiger partial charge on any atom is 0.343 e. The Balaban J connectivity index is 2.15. The Bertz CT molecular complexity index is 1490. The standard InChI is InChI=1S/C23H23N3O5S/c1-6-31-22(29)14-12(3)32-19(18(14)27)15-16-20(25(4)23(30)26(5)21(16)28)24-17(15)13-9-7-11(2)8-10-13/h7-10,24,27H,6H2,1-5H3. The van der Waals surface area contributed by atoms with Crippen molar-refractivity contribution in [3.05, 3.63) is 61.1 Å². The molecule has 32 heavy (non-hydrogen) atoms. The summed E-state index contributed by atoms with van der Waals surface area (Å²) in [5, 5.41) is 11.3. The monoisotopic (exact) mass is 453 g/mol. The zero-order valence-electron chi connectivity index (χ0n) is 18.4. The average molecular weight is 454 g/mol. The number of aromatic hydroxyl groups is 1. The number of H-pyrrole nitrogens is 1. The van der Waals surface area contributed by atoms with E-state index in [0.717, 1.165) is 15.7 Å². The van der Waals surface area contributed by atoms with E-state index in [1.165, 1.54) is 23.0 Å². The topological polar surface area (TPSA) is 106 Å². The normalized spacial score (nSPS) is 11.3. The number of rotatable bonds is 4. The first-order valence-electron chi connectivity index (χ1n) is 10.1. The molecule has 0 saturated carbocycles. The number of hydrogen-bond donors (Lipinski definition) is 2. The van der Waals surface area contributed by atoms with Gasteiger partial charge in [0.25, 0.3) is 5.56 Å². The largest absolute Gasteiger partial charge is 0.505 e. The molecule has 0 amide bonds. The summed E-state index contributed by atoms with van der Waals surface area (Å²) in [5.74, 6) is -0.863. The van der Waals surface area contributed by atoms with Gasteiger partial charge >= 0.3 is 11.7 Å². The van der Waals surface area contributed by atoms with Gasteiger partial charge in [-0.05, 0) is 26.3 Å². The summed E-state index contributed by atoms with van der Waals surface area (Å²) in [6.07, 6.45) is 0. The van der Waals surface area contributed by atoms with E-state index in [9.17, 15) is 19.5 Å². The molecule has 0 aliphatic carbocycles. The Hall–Kier alpha value is -3.59. The number of nitrogens with one attached hydrogen (secondary N) is 1. The van der Waals surface area contributed by atoms with Gasteiger partial charge in [0.2, 0.25) is 0 Å². The predicted molar refractivity (Wildman–Crippen MR) is 125 cm³/mol. The van der Waals surface area contributed by atoms with E-state index < -0.39 is 17.2 Å². The van der Waals surface area contributed by atoms with Crippen LogP contribution in [0.5, 0.6) is 5.75 Å². The molecule has 0 fully saturated rings. The first-order chi connectivity index (χ1) is 15.2. The van der Waals surface area contributed by atoms with Crippen LogP contribution in [0, 0.1) is 13.8 Å². The molecule has 0 aliphatic heterocycles. The lowest BCUT2D eigenvalue weighted by Gasteiger charge is -2.06. The molecule has 8 nitrogen and oxygen atoms in total. The fraction of sp³-hybridized carbons (Fsp3) is 0.261. The first kappa shape index (κ1) is 21.6. The van der Waals surface area contributed by atoms with Gasteiger partial charge in [-0.3, -0.25) is 13.9 Å². The number of esters is 1. The molecule has 0 atom stereocenters. The molecule has 2 N–H and O–H groups in total. The van der Waals surface area contributed by atoms with E-state index in [0.29, 0.717) is 26.7 Å². The number of hydrogen-bond acceptors (Lipinski definition) is 6. The summed E-state index contributed by atoms with van der Waals surface area (Å²) in [6.45, 7) is 5.55. The van der Waals surface area contributed by atoms with E-state index in [1.807, 2.05) is 31.2 Å². The van der Waals surface area contributed by atoms with Crippen molar-refractivity contribution >= 4 is 28.3 Å². The van der Waals surface area contributed by atoms with Crippen LogP contribution in [0.2, 0.25) is 0 Å². The number of fused-ring (bicyclic) bond motifs is 1. The molecule has 1 aromatic carbocycles. The highest BCUT2D eigenvalue weighted by Crippen LogP contribution is 2.47. The highest BCUT2D eigenvalue weighted by Gasteiger charge is 2.29. The van der Waals surface area contributed by atoms with Crippen LogP contribution in [0.15, 0.2) is 33.9 Å². The summed E-state index contributed by atoms with van der Waals surface area (Å²) in [5.41, 5.74) is 2.32. The van der Waals surface area contributed by atoms with Gasteiger partial charge in [-0.1, -0.05) is 29.8 Å². The van der Waals surface area contributed by atoms with Crippen molar-refractivity contribution in [1.29, 1.82) is 0 Å². The number of ether oxygens (including phenoxy) is 1. The van der Waals surface area contributed by atoms with Crippen molar-refractivity contribution in [3.63, 3.8) is 0 Å². The molecule has 9 heteroatoms. The van der Waals surface area contributed by atoms with Crippen LogP contribution in [0.4, 0.5) is 0 Å². The second kappa shape index (κ2) is 7.83. The third-order valence-electron chi connectivity index (χ3n) is 5.51. The number of benzene rings is 1. The lowest BCUT2D eigenvalue weighted by atomic mass is 10.0. The lowest BCUT2D eigenvalue weighted by molar-refractivity contribution is 0.0523. The first-order valence-corrected chi connectivity index (χ1v) is 10.9. The molecule has 0 aliphatic rings. The number of thiophene rings is 1. The van der Waals surface area contributed by atoms with Crippen molar-refractivity contribution < 1.29 is 14.6 Å². The van der Waals surface area contributed by atoms with Crippen LogP contribution >= 0.6 is 11.3 Å². The number of aromatic nitrogens is 3.